The van der Waals surface area contributed by atoms with E-state index in [2.05, 4.69) is 9.97 Å². The molecule has 1 amide bonds. The molecule has 1 rings (SSSR count). The fourth-order valence-electron chi connectivity index (χ4n) is 1.65. The lowest BCUT2D eigenvalue weighted by Crippen LogP contribution is -2.52. The molecule has 0 bridgehead atoms. The second kappa shape index (κ2) is 4.90. The van der Waals surface area contributed by atoms with Crippen molar-refractivity contribution < 1.29 is 14.7 Å². The summed E-state index contributed by atoms with van der Waals surface area (Å²) in [6, 6.07) is -0.254. The molecule has 1 unspecified atom stereocenters. The van der Waals surface area contributed by atoms with Crippen molar-refractivity contribution in [3.05, 3.63) is 24.3 Å². The lowest BCUT2D eigenvalue weighted by molar-refractivity contribution is -0.157. The van der Waals surface area contributed by atoms with E-state index in [4.69, 9.17) is 0 Å². The van der Waals surface area contributed by atoms with Gasteiger partial charge in [0, 0.05) is 18.4 Å². The van der Waals surface area contributed by atoms with E-state index in [1.54, 1.807) is 13.8 Å². The van der Waals surface area contributed by atoms with E-state index in [0.717, 1.165) is 0 Å². The quantitative estimate of drug-likeness (QED) is 0.760. The van der Waals surface area contributed by atoms with Crippen LogP contribution in [0.3, 0.4) is 0 Å². The largest absolute Gasteiger partial charge is 0.479 e. The second-order valence-electron chi connectivity index (χ2n) is 4.07. The third kappa shape index (κ3) is 2.25. The van der Waals surface area contributed by atoms with Gasteiger partial charge in [0.05, 0.1) is 11.9 Å². The number of rotatable bonds is 5. The van der Waals surface area contributed by atoms with Gasteiger partial charge >= 0.3 is 5.97 Å². The predicted molar refractivity (Wildman–Crippen MR) is 60.1 cm³/mol. The van der Waals surface area contributed by atoms with Crippen LogP contribution < -0.4 is 0 Å². The zero-order valence-electron chi connectivity index (χ0n) is 9.99. The van der Waals surface area contributed by atoms with Gasteiger partial charge in [0.25, 0.3) is 0 Å². The van der Waals surface area contributed by atoms with Crippen molar-refractivity contribution in [2.45, 2.75) is 32.4 Å². The standard InChI is InChI=1S/C11H15N3O3/c1-8(2)14(7-15)11(3,10(16)17)9-6-12-4-5-13-9/h4-8H,1-3H3,(H,16,17). The van der Waals surface area contributed by atoms with E-state index in [1.807, 2.05) is 0 Å². The average Bonchev–Trinajstić information content (AvgIpc) is 2.30. The van der Waals surface area contributed by atoms with Crippen LogP contribution in [-0.4, -0.2) is 38.4 Å². The SMILES string of the molecule is CC(C)N(C=O)C(C)(C(=O)O)c1cnccn1. The topological polar surface area (TPSA) is 83.4 Å². The summed E-state index contributed by atoms with van der Waals surface area (Å²) in [5.41, 5.74) is -1.28. The minimum absolute atomic E-state index is 0.230. The van der Waals surface area contributed by atoms with Crippen LogP contribution in [0.2, 0.25) is 0 Å². The van der Waals surface area contributed by atoms with Crippen LogP contribution in [-0.2, 0) is 15.1 Å². The fourth-order valence-corrected chi connectivity index (χ4v) is 1.65. The zero-order chi connectivity index (χ0) is 13.1. The minimum atomic E-state index is -1.51. The first-order chi connectivity index (χ1) is 7.94. The molecule has 0 aliphatic heterocycles. The Morgan fingerprint density at radius 1 is 1.53 bits per heavy atom. The summed E-state index contributed by atoms with van der Waals surface area (Å²) in [5.74, 6) is -1.14. The van der Waals surface area contributed by atoms with Crippen LogP contribution in [0.4, 0.5) is 0 Å². The van der Waals surface area contributed by atoms with E-state index < -0.39 is 11.5 Å². The van der Waals surface area contributed by atoms with Crippen molar-refractivity contribution in [2.75, 3.05) is 0 Å². The molecule has 0 fully saturated rings. The number of carbonyl (C=O) groups excluding carboxylic acids is 1. The van der Waals surface area contributed by atoms with Crippen LogP contribution in [0.5, 0.6) is 0 Å². The molecule has 17 heavy (non-hydrogen) atoms. The Balaban J connectivity index is 3.32. The molecular formula is C11H15N3O3. The molecule has 1 N–H and O–H groups in total. The van der Waals surface area contributed by atoms with Gasteiger partial charge in [0.2, 0.25) is 6.41 Å². The maximum absolute atomic E-state index is 11.5. The predicted octanol–water partition coefficient (Wildman–Crippen LogP) is 0.643. The molecule has 6 nitrogen and oxygen atoms in total. The maximum atomic E-state index is 11.5. The summed E-state index contributed by atoms with van der Waals surface area (Å²) < 4.78 is 0. The van der Waals surface area contributed by atoms with Crippen LogP contribution >= 0.6 is 0 Å². The number of carboxylic acid groups (broad SMARTS) is 1. The maximum Gasteiger partial charge on any atom is 0.335 e. The molecule has 1 aromatic rings. The molecule has 1 aromatic heterocycles. The van der Waals surface area contributed by atoms with Gasteiger partial charge in [-0.05, 0) is 20.8 Å². The summed E-state index contributed by atoms with van der Waals surface area (Å²) in [4.78, 5) is 31.6. The normalized spacial score (nSPS) is 14.1. The molecule has 1 heterocycles. The number of aliphatic carboxylic acids is 1. The van der Waals surface area contributed by atoms with Crippen molar-refractivity contribution in [1.29, 1.82) is 0 Å². The molecule has 0 saturated carbocycles. The van der Waals surface area contributed by atoms with Gasteiger partial charge in [-0.25, -0.2) is 4.79 Å². The average molecular weight is 237 g/mol. The van der Waals surface area contributed by atoms with Gasteiger partial charge in [0.1, 0.15) is 0 Å². The smallest absolute Gasteiger partial charge is 0.335 e. The first-order valence-electron chi connectivity index (χ1n) is 5.18. The highest BCUT2D eigenvalue weighted by Gasteiger charge is 2.43. The van der Waals surface area contributed by atoms with Crippen molar-refractivity contribution in [3.63, 3.8) is 0 Å². The number of aromatic nitrogens is 2. The molecule has 92 valence electrons. The van der Waals surface area contributed by atoms with Gasteiger partial charge < -0.3 is 10.0 Å². The Kier molecular flexibility index (Phi) is 3.77. The highest BCUT2D eigenvalue weighted by Crippen LogP contribution is 2.27. The van der Waals surface area contributed by atoms with Crippen LogP contribution in [0.15, 0.2) is 18.6 Å². The first-order valence-corrected chi connectivity index (χ1v) is 5.18. The Labute approximate surface area is 99.3 Å². The highest BCUT2D eigenvalue weighted by molar-refractivity contribution is 5.82. The number of amides is 1. The van der Waals surface area contributed by atoms with Crippen molar-refractivity contribution in [2.24, 2.45) is 0 Å². The molecule has 1 atom stereocenters. The zero-order valence-corrected chi connectivity index (χ0v) is 9.99. The van der Waals surface area contributed by atoms with Crippen LogP contribution in [0, 0.1) is 0 Å². The molecule has 0 aliphatic carbocycles. The van der Waals surface area contributed by atoms with Crippen LogP contribution in [0.25, 0.3) is 0 Å². The number of carboxylic acids is 1. The lowest BCUT2D eigenvalue weighted by atomic mass is 9.95. The van der Waals surface area contributed by atoms with Gasteiger partial charge in [-0.2, -0.15) is 0 Å². The van der Waals surface area contributed by atoms with E-state index in [1.165, 1.54) is 30.4 Å². The molecule has 6 heteroatoms. The lowest BCUT2D eigenvalue weighted by Gasteiger charge is -2.37. The van der Waals surface area contributed by atoms with Gasteiger partial charge in [-0.1, -0.05) is 0 Å². The number of hydrogen-bond acceptors (Lipinski definition) is 4. The summed E-state index contributed by atoms with van der Waals surface area (Å²) >= 11 is 0. The molecular weight excluding hydrogens is 222 g/mol. The highest BCUT2D eigenvalue weighted by atomic mass is 16.4. The Hall–Kier alpha value is -1.98. The van der Waals surface area contributed by atoms with E-state index in [9.17, 15) is 14.7 Å². The van der Waals surface area contributed by atoms with Crippen molar-refractivity contribution in [1.82, 2.24) is 14.9 Å². The summed E-state index contributed by atoms with van der Waals surface area (Å²) in [6.45, 7) is 4.92. The molecule has 0 spiro atoms. The Bertz CT molecular complexity index is 408. The van der Waals surface area contributed by atoms with Crippen LogP contribution in [0.1, 0.15) is 26.5 Å². The molecule has 0 saturated heterocycles. The van der Waals surface area contributed by atoms with Gasteiger partial charge in [0.15, 0.2) is 5.54 Å². The van der Waals surface area contributed by atoms with Gasteiger partial charge in [-0.15, -0.1) is 0 Å². The third-order valence-electron chi connectivity index (χ3n) is 2.66. The van der Waals surface area contributed by atoms with E-state index in [-0.39, 0.29) is 11.7 Å². The summed E-state index contributed by atoms with van der Waals surface area (Å²) in [6.07, 6.45) is 4.73. The van der Waals surface area contributed by atoms with E-state index in [0.29, 0.717) is 6.41 Å². The van der Waals surface area contributed by atoms with Gasteiger partial charge in [-0.3, -0.25) is 14.8 Å². The van der Waals surface area contributed by atoms with E-state index >= 15 is 0 Å². The third-order valence-corrected chi connectivity index (χ3v) is 2.66. The fraction of sp³-hybridized carbons (Fsp3) is 0.455. The van der Waals surface area contributed by atoms with Crippen molar-refractivity contribution in [3.8, 4) is 0 Å². The minimum Gasteiger partial charge on any atom is -0.479 e. The molecule has 0 aliphatic rings. The van der Waals surface area contributed by atoms with Crippen molar-refractivity contribution >= 4 is 12.4 Å². The number of nitrogens with zero attached hydrogens (tertiary/aromatic N) is 3. The molecule has 0 radical (unpaired) electrons. The monoisotopic (exact) mass is 237 g/mol. The first kappa shape index (κ1) is 13.1. The summed E-state index contributed by atoms with van der Waals surface area (Å²) in [7, 11) is 0. The Morgan fingerprint density at radius 3 is 2.53 bits per heavy atom. The molecule has 0 aromatic carbocycles. The Morgan fingerprint density at radius 2 is 2.18 bits per heavy atom. The number of hydrogen-bond donors (Lipinski definition) is 1. The summed E-state index contributed by atoms with van der Waals surface area (Å²) in [5, 5.41) is 9.37. The second-order valence-corrected chi connectivity index (χ2v) is 4.07. The number of carbonyl (C=O) groups is 2.